The second-order valence-corrected chi connectivity index (χ2v) is 7.86. The lowest BCUT2D eigenvalue weighted by Crippen LogP contribution is -2.32. The van der Waals surface area contributed by atoms with Gasteiger partial charge in [-0.2, -0.15) is 4.31 Å². The van der Waals surface area contributed by atoms with Crippen molar-refractivity contribution < 1.29 is 13.2 Å². The second kappa shape index (κ2) is 8.67. The molecule has 0 bridgehead atoms. The SMILES string of the molecule is C#CCN(CC#CC1=C(C=O)CCCC1)S(=O)(=O)c1ccc(C)cc1. The van der Waals surface area contributed by atoms with E-state index < -0.39 is 10.0 Å². The Morgan fingerprint density at radius 3 is 2.48 bits per heavy atom. The lowest BCUT2D eigenvalue weighted by molar-refractivity contribution is -0.105. The molecule has 5 heteroatoms. The highest BCUT2D eigenvalue weighted by Crippen LogP contribution is 2.22. The van der Waals surface area contributed by atoms with Crippen molar-refractivity contribution in [2.45, 2.75) is 37.5 Å². The van der Waals surface area contributed by atoms with Crippen LogP contribution in [0.1, 0.15) is 31.2 Å². The van der Waals surface area contributed by atoms with Crippen LogP contribution in [0.3, 0.4) is 0 Å². The molecule has 0 N–H and O–H groups in total. The summed E-state index contributed by atoms with van der Waals surface area (Å²) in [5.74, 6) is 8.22. The third-order valence-corrected chi connectivity index (χ3v) is 5.88. The van der Waals surface area contributed by atoms with Gasteiger partial charge in [0.05, 0.1) is 18.0 Å². The molecule has 0 saturated carbocycles. The van der Waals surface area contributed by atoms with Crippen LogP contribution in [0, 0.1) is 31.1 Å². The maximum absolute atomic E-state index is 12.7. The molecule has 0 spiro atoms. The molecule has 0 saturated heterocycles. The molecule has 0 fully saturated rings. The minimum absolute atomic E-state index is 0.00392. The summed E-state index contributed by atoms with van der Waals surface area (Å²) in [6, 6.07) is 6.62. The van der Waals surface area contributed by atoms with E-state index in [2.05, 4.69) is 17.8 Å². The molecule has 0 aliphatic heterocycles. The van der Waals surface area contributed by atoms with Gasteiger partial charge in [0.2, 0.25) is 10.0 Å². The Bertz CT molecular complexity index is 862. The Hall–Kier alpha value is -2.34. The molecule has 0 aromatic heterocycles. The monoisotopic (exact) mass is 355 g/mol. The van der Waals surface area contributed by atoms with Gasteiger partial charge >= 0.3 is 0 Å². The maximum Gasteiger partial charge on any atom is 0.244 e. The average Bonchev–Trinajstić information content (AvgIpc) is 2.61. The molecule has 0 atom stereocenters. The van der Waals surface area contributed by atoms with Crippen molar-refractivity contribution >= 4 is 16.3 Å². The van der Waals surface area contributed by atoms with Crippen LogP contribution in [-0.4, -0.2) is 32.1 Å². The minimum Gasteiger partial charge on any atom is -0.298 e. The van der Waals surface area contributed by atoms with E-state index in [-0.39, 0.29) is 18.0 Å². The first-order valence-corrected chi connectivity index (χ1v) is 9.59. The van der Waals surface area contributed by atoms with Gasteiger partial charge in [-0.1, -0.05) is 35.5 Å². The molecule has 0 heterocycles. The fraction of sp³-hybridized carbons (Fsp3) is 0.350. The van der Waals surface area contributed by atoms with E-state index in [9.17, 15) is 13.2 Å². The van der Waals surface area contributed by atoms with E-state index in [0.29, 0.717) is 0 Å². The number of allylic oxidation sites excluding steroid dienone is 2. The van der Waals surface area contributed by atoms with Crippen LogP contribution in [0.15, 0.2) is 40.3 Å². The third-order valence-electron chi connectivity index (χ3n) is 4.07. The molecular weight excluding hydrogens is 334 g/mol. The fourth-order valence-corrected chi connectivity index (χ4v) is 3.88. The maximum atomic E-state index is 12.7. The number of aryl methyl sites for hydroxylation is 1. The predicted octanol–water partition coefficient (Wildman–Crippen LogP) is 2.69. The zero-order valence-corrected chi connectivity index (χ0v) is 15.1. The number of carbonyl (C=O) groups excluding carboxylic acids is 1. The van der Waals surface area contributed by atoms with E-state index in [0.717, 1.165) is 48.7 Å². The van der Waals surface area contributed by atoms with Crippen molar-refractivity contribution in [3.63, 3.8) is 0 Å². The van der Waals surface area contributed by atoms with E-state index >= 15 is 0 Å². The van der Waals surface area contributed by atoms with Crippen LogP contribution in [0.25, 0.3) is 0 Å². The number of sulfonamides is 1. The Kier molecular flexibility index (Phi) is 6.58. The topological polar surface area (TPSA) is 54.5 Å². The van der Waals surface area contributed by atoms with E-state index in [1.165, 1.54) is 4.31 Å². The number of rotatable bonds is 5. The van der Waals surface area contributed by atoms with Crippen LogP contribution in [0.5, 0.6) is 0 Å². The molecule has 0 amide bonds. The van der Waals surface area contributed by atoms with Crippen molar-refractivity contribution in [2.75, 3.05) is 13.1 Å². The van der Waals surface area contributed by atoms with E-state index in [4.69, 9.17) is 6.42 Å². The van der Waals surface area contributed by atoms with E-state index in [1.807, 2.05) is 6.92 Å². The Labute approximate surface area is 150 Å². The number of hydrogen-bond acceptors (Lipinski definition) is 3. The smallest absolute Gasteiger partial charge is 0.244 e. The third kappa shape index (κ3) is 4.82. The summed E-state index contributed by atoms with van der Waals surface area (Å²) in [5, 5.41) is 0. The van der Waals surface area contributed by atoms with Crippen molar-refractivity contribution in [1.82, 2.24) is 4.31 Å². The van der Waals surface area contributed by atoms with Gasteiger partial charge in [-0.25, -0.2) is 8.42 Å². The van der Waals surface area contributed by atoms with Gasteiger partial charge in [0.1, 0.15) is 6.29 Å². The van der Waals surface area contributed by atoms with Crippen LogP contribution in [0.4, 0.5) is 0 Å². The van der Waals surface area contributed by atoms with Gasteiger partial charge in [0.15, 0.2) is 0 Å². The lowest BCUT2D eigenvalue weighted by Gasteiger charge is -2.17. The Balaban J connectivity index is 2.23. The highest BCUT2D eigenvalue weighted by Gasteiger charge is 2.22. The lowest BCUT2D eigenvalue weighted by atomic mass is 9.93. The van der Waals surface area contributed by atoms with Crippen LogP contribution in [-0.2, 0) is 14.8 Å². The zero-order valence-electron chi connectivity index (χ0n) is 14.3. The first kappa shape index (κ1) is 19.0. The molecule has 1 aromatic rings. The molecule has 1 aliphatic rings. The molecule has 2 rings (SSSR count). The summed E-state index contributed by atoms with van der Waals surface area (Å²) in [4.78, 5) is 11.3. The quantitative estimate of drug-likeness (QED) is 0.603. The molecule has 1 aromatic carbocycles. The highest BCUT2D eigenvalue weighted by atomic mass is 32.2. The number of aldehydes is 1. The molecule has 0 radical (unpaired) electrons. The van der Waals surface area contributed by atoms with Crippen LogP contribution < -0.4 is 0 Å². The first-order valence-electron chi connectivity index (χ1n) is 8.15. The Morgan fingerprint density at radius 1 is 1.16 bits per heavy atom. The van der Waals surface area contributed by atoms with Crippen molar-refractivity contribution in [2.24, 2.45) is 0 Å². The molecule has 1 aliphatic carbocycles. The number of nitrogens with zero attached hydrogens (tertiary/aromatic N) is 1. The number of benzene rings is 1. The minimum atomic E-state index is -3.70. The van der Waals surface area contributed by atoms with Gasteiger partial charge in [-0.15, -0.1) is 6.42 Å². The van der Waals surface area contributed by atoms with Gasteiger partial charge in [0, 0.05) is 11.1 Å². The average molecular weight is 355 g/mol. The van der Waals surface area contributed by atoms with Gasteiger partial charge < -0.3 is 0 Å². The highest BCUT2D eigenvalue weighted by molar-refractivity contribution is 7.89. The van der Waals surface area contributed by atoms with Crippen molar-refractivity contribution in [1.29, 1.82) is 0 Å². The summed E-state index contributed by atoms with van der Waals surface area (Å²) < 4.78 is 26.6. The zero-order chi connectivity index (χ0) is 18.3. The number of carbonyl (C=O) groups is 1. The first-order chi connectivity index (χ1) is 12.0. The Morgan fingerprint density at radius 2 is 1.84 bits per heavy atom. The fourth-order valence-electron chi connectivity index (χ4n) is 2.62. The standard InChI is InChI=1S/C20H21NO3S/c1-3-14-21(25(23,24)20-12-10-17(2)11-13-20)15-6-9-18-7-4-5-8-19(18)16-22/h1,10-13,16H,4-5,7-8,14-15H2,2H3. The number of terminal acetylenes is 1. The molecule has 25 heavy (non-hydrogen) atoms. The largest absolute Gasteiger partial charge is 0.298 e. The number of hydrogen-bond donors (Lipinski definition) is 0. The molecule has 130 valence electrons. The summed E-state index contributed by atoms with van der Waals surface area (Å²) in [6.45, 7) is 1.84. The predicted molar refractivity (Wildman–Crippen MR) is 98.1 cm³/mol. The van der Waals surface area contributed by atoms with E-state index in [1.54, 1.807) is 24.3 Å². The van der Waals surface area contributed by atoms with Crippen molar-refractivity contribution in [3.8, 4) is 24.2 Å². The summed E-state index contributed by atoms with van der Waals surface area (Å²) in [7, 11) is -3.70. The second-order valence-electron chi connectivity index (χ2n) is 5.92. The molecule has 4 nitrogen and oxygen atoms in total. The van der Waals surface area contributed by atoms with Crippen LogP contribution in [0.2, 0.25) is 0 Å². The molecular formula is C20H21NO3S. The van der Waals surface area contributed by atoms with Gasteiger partial charge in [-0.3, -0.25) is 4.79 Å². The molecule has 0 unspecified atom stereocenters. The normalized spacial score (nSPS) is 14.6. The summed E-state index contributed by atoms with van der Waals surface area (Å²) in [5.41, 5.74) is 2.52. The van der Waals surface area contributed by atoms with Gasteiger partial charge in [0.25, 0.3) is 0 Å². The summed E-state index contributed by atoms with van der Waals surface area (Å²) >= 11 is 0. The summed E-state index contributed by atoms with van der Waals surface area (Å²) in [6.07, 6.45) is 9.67. The van der Waals surface area contributed by atoms with Gasteiger partial charge in [-0.05, 0) is 44.7 Å². The van der Waals surface area contributed by atoms with Crippen molar-refractivity contribution in [3.05, 3.63) is 41.0 Å². The van der Waals surface area contributed by atoms with Crippen LogP contribution >= 0.6 is 0 Å².